The first-order chi connectivity index (χ1) is 20.3. The zero-order valence-electron chi connectivity index (χ0n) is 23.1. The number of rotatable bonds is 7. The number of imide groups is 1. The van der Waals surface area contributed by atoms with Gasteiger partial charge in [0.25, 0.3) is 5.91 Å². The van der Waals surface area contributed by atoms with Crippen molar-refractivity contribution in [3.63, 3.8) is 0 Å². The predicted molar refractivity (Wildman–Crippen MR) is 153 cm³/mol. The van der Waals surface area contributed by atoms with Crippen LogP contribution in [0.15, 0.2) is 53.6 Å². The first kappa shape index (κ1) is 28.1. The lowest BCUT2D eigenvalue weighted by atomic mass is 10.0. The van der Waals surface area contributed by atoms with Crippen molar-refractivity contribution in [2.75, 3.05) is 18.0 Å². The van der Waals surface area contributed by atoms with Crippen LogP contribution in [0.1, 0.15) is 52.7 Å². The molecule has 0 aliphatic carbocycles. The topological polar surface area (TPSA) is 91.8 Å². The van der Waals surface area contributed by atoms with Crippen LogP contribution in [-0.2, 0) is 22.7 Å². The third kappa shape index (κ3) is 5.70. The van der Waals surface area contributed by atoms with Crippen molar-refractivity contribution < 1.29 is 27.9 Å². The van der Waals surface area contributed by atoms with Gasteiger partial charge in [0.2, 0.25) is 17.8 Å². The van der Waals surface area contributed by atoms with Crippen LogP contribution in [-0.4, -0.2) is 52.0 Å². The smallest absolute Gasteiger partial charge is 0.255 e. The average Bonchev–Trinajstić information content (AvgIpc) is 3.30. The molecule has 0 spiro atoms. The minimum Gasteiger partial charge on any atom is -0.488 e. The van der Waals surface area contributed by atoms with Gasteiger partial charge in [0.15, 0.2) is 0 Å². The first-order valence-corrected chi connectivity index (χ1v) is 14.9. The number of benzene rings is 2. The van der Waals surface area contributed by atoms with Crippen molar-refractivity contribution >= 4 is 35.2 Å². The molecular formula is C31H30F2N4O4S. The number of carbonyl (C=O) groups excluding carboxylic acids is 3. The summed E-state index contributed by atoms with van der Waals surface area (Å²) in [5, 5.41) is 3.13. The van der Waals surface area contributed by atoms with E-state index >= 15 is 0 Å². The number of piperidine rings is 2. The molecule has 2 saturated heterocycles. The second kappa shape index (κ2) is 11.7. The molecule has 3 aliphatic heterocycles. The Labute approximate surface area is 246 Å². The van der Waals surface area contributed by atoms with Crippen molar-refractivity contribution in [3.05, 3.63) is 82.5 Å². The maximum atomic E-state index is 15.0. The zero-order chi connectivity index (χ0) is 29.4. The lowest BCUT2D eigenvalue weighted by Gasteiger charge is -2.33. The second-order valence-corrected chi connectivity index (χ2v) is 12.2. The van der Waals surface area contributed by atoms with E-state index in [0.29, 0.717) is 27.6 Å². The van der Waals surface area contributed by atoms with Gasteiger partial charge >= 0.3 is 0 Å². The largest absolute Gasteiger partial charge is 0.488 e. The normalized spacial score (nSPS) is 19.2. The number of aryl methyl sites for hydroxylation is 1. The zero-order valence-corrected chi connectivity index (χ0v) is 23.9. The molecule has 0 bridgehead atoms. The Hall–Kier alpha value is -3.99. The maximum absolute atomic E-state index is 15.0. The summed E-state index contributed by atoms with van der Waals surface area (Å²) in [6.45, 7) is 3.40. The molecule has 3 aromatic rings. The molecule has 8 nitrogen and oxygen atoms in total. The van der Waals surface area contributed by atoms with Gasteiger partial charge in [-0.1, -0.05) is 12.1 Å². The molecule has 1 N–H and O–H groups in total. The van der Waals surface area contributed by atoms with E-state index in [1.165, 1.54) is 16.7 Å². The van der Waals surface area contributed by atoms with Gasteiger partial charge in [0.1, 0.15) is 24.2 Å². The lowest BCUT2D eigenvalue weighted by Crippen LogP contribution is -2.52. The number of pyridine rings is 1. The fourth-order valence-corrected chi connectivity index (χ4v) is 6.79. The molecule has 2 aromatic carbocycles. The number of nitrogens with zero attached hydrogens (tertiary/aromatic N) is 3. The van der Waals surface area contributed by atoms with Crippen LogP contribution in [0, 0.1) is 18.7 Å². The molecule has 42 heavy (non-hydrogen) atoms. The van der Waals surface area contributed by atoms with Gasteiger partial charge in [-0.05, 0) is 68.1 Å². The summed E-state index contributed by atoms with van der Waals surface area (Å²) >= 11 is 1.53. The predicted octanol–water partition coefficient (Wildman–Crippen LogP) is 4.77. The van der Waals surface area contributed by atoms with Gasteiger partial charge in [-0.2, -0.15) is 4.39 Å². The summed E-state index contributed by atoms with van der Waals surface area (Å²) in [5.74, 6) is -1.51. The Morgan fingerprint density at radius 1 is 1.05 bits per heavy atom. The van der Waals surface area contributed by atoms with E-state index < -0.39 is 17.9 Å². The van der Waals surface area contributed by atoms with Crippen LogP contribution in [0.5, 0.6) is 5.75 Å². The Kier molecular flexibility index (Phi) is 7.85. The molecule has 6 rings (SSSR count). The SMILES string of the molecule is Cc1ccc(N2CCC(Sc3ccc(COc4cccc5c4CN(C4CCC(=O)NC4=O)C5=O)c(F)n3)CC2)c(F)c1. The minimum absolute atomic E-state index is 0.0760. The lowest BCUT2D eigenvalue weighted by molar-refractivity contribution is -0.136. The van der Waals surface area contributed by atoms with Crippen molar-refractivity contribution in [2.45, 2.75) is 62.1 Å². The van der Waals surface area contributed by atoms with Gasteiger partial charge < -0.3 is 14.5 Å². The molecule has 0 saturated carbocycles. The number of anilines is 1. The van der Waals surface area contributed by atoms with Crippen molar-refractivity contribution in [2.24, 2.45) is 0 Å². The van der Waals surface area contributed by atoms with Gasteiger partial charge in [0, 0.05) is 41.5 Å². The summed E-state index contributed by atoms with van der Waals surface area (Å²) in [6, 6.07) is 13.1. The van der Waals surface area contributed by atoms with E-state index in [9.17, 15) is 23.2 Å². The van der Waals surface area contributed by atoms with Gasteiger partial charge in [-0.15, -0.1) is 11.8 Å². The number of hydrogen-bond acceptors (Lipinski definition) is 7. The quantitative estimate of drug-likeness (QED) is 0.312. The molecule has 4 heterocycles. The van der Waals surface area contributed by atoms with Gasteiger partial charge in [-0.3, -0.25) is 19.7 Å². The number of fused-ring (bicyclic) bond motifs is 1. The summed E-state index contributed by atoms with van der Waals surface area (Å²) in [7, 11) is 0. The fourth-order valence-electron chi connectivity index (χ4n) is 5.72. The Morgan fingerprint density at radius 3 is 2.60 bits per heavy atom. The highest BCUT2D eigenvalue weighted by Crippen LogP contribution is 2.35. The Balaban J connectivity index is 1.06. The van der Waals surface area contributed by atoms with Crippen LogP contribution < -0.4 is 15.0 Å². The van der Waals surface area contributed by atoms with E-state index in [1.807, 2.05) is 19.1 Å². The molecule has 1 atom stereocenters. The summed E-state index contributed by atoms with van der Waals surface area (Å²) < 4.78 is 35.3. The van der Waals surface area contributed by atoms with Crippen LogP contribution in [0.4, 0.5) is 14.5 Å². The van der Waals surface area contributed by atoms with E-state index in [2.05, 4.69) is 15.2 Å². The number of amides is 3. The summed E-state index contributed by atoms with van der Waals surface area (Å²) in [6.07, 6.45) is 2.11. The molecule has 3 aliphatic rings. The van der Waals surface area contributed by atoms with Crippen molar-refractivity contribution in [1.29, 1.82) is 0 Å². The first-order valence-electron chi connectivity index (χ1n) is 14.0. The van der Waals surface area contributed by atoms with E-state index in [0.717, 1.165) is 31.5 Å². The molecule has 1 unspecified atom stereocenters. The average molecular weight is 593 g/mol. The molecule has 11 heteroatoms. The fraction of sp³-hybridized carbons (Fsp3) is 0.355. The Morgan fingerprint density at radius 2 is 1.86 bits per heavy atom. The molecular weight excluding hydrogens is 562 g/mol. The number of nitrogens with one attached hydrogen (secondary N) is 1. The van der Waals surface area contributed by atoms with Crippen LogP contribution in [0.2, 0.25) is 0 Å². The standard InChI is InChI=1S/C31H30F2N4O4S/c1-18-5-7-24(23(32)15-18)36-13-11-20(12-14-36)42-28-10-6-19(29(33)35-28)17-41-26-4-2-3-21-22(26)16-37(31(21)40)25-8-9-27(38)34-30(25)39/h2-7,10,15,20,25H,8-9,11-14,16-17H2,1H3,(H,34,38,39). The second-order valence-electron chi connectivity index (χ2n) is 10.8. The number of thioether (sulfide) groups is 1. The minimum atomic E-state index is -0.724. The molecule has 3 amide bonds. The third-order valence-electron chi connectivity index (χ3n) is 8.00. The molecule has 218 valence electrons. The van der Waals surface area contributed by atoms with Crippen LogP contribution in [0.3, 0.4) is 0 Å². The number of aromatic nitrogens is 1. The number of hydrogen-bond donors (Lipinski definition) is 1. The van der Waals surface area contributed by atoms with E-state index in [1.54, 1.807) is 36.4 Å². The maximum Gasteiger partial charge on any atom is 0.255 e. The Bertz CT molecular complexity index is 1560. The third-order valence-corrected chi connectivity index (χ3v) is 9.27. The highest BCUT2D eigenvalue weighted by Gasteiger charge is 2.40. The van der Waals surface area contributed by atoms with Crippen LogP contribution in [0.25, 0.3) is 0 Å². The number of ether oxygens (including phenoxy) is 1. The number of halogens is 2. The van der Waals surface area contributed by atoms with E-state index in [-0.39, 0.29) is 54.4 Å². The molecule has 2 fully saturated rings. The monoisotopic (exact) mass is 592 g/mol. The molecule has 0 radical (unpaired) electrons. The number of carbonyl (C=O) groups is 3. The van der Waals surface area contributed by atoms with Gasteiger partial charge in [0.05, 0.1) is 17.3 Å². The van der Waals surface area contributed by atoms with Gasteiger partial charge in [-0.25, -0.2) is 9.37 Å². The van der Waals surface area contributed by atoms with E-state index in [4.69, 9.17) is 4.74 Å². The summed E-state index contributed by atoms with van der Waals surface area (Å²) in [5.41, 5.74) is 2.86. The molecule has 1 aromatic heterocycles. The highest BCUT2D eigenvalue weighted by molar-refractivity contribution is 7.99. The van der Waals surface area contributed by atoms with Crippen molar-refractivity contribution in [3.8, 4) is 5.75 Å². The summed E-state index contributed by atoms with van der Waals surface area (Å²) in [4.78, 5) is 44.6. The highest BCUT2D eigenvalue weighted by atomic mass is 32.2. The van der Waals surface area contributed by atoms with Crippen LogP contribution >= 0.6 is 11.8 Å². The van der Waals surface area contributed by atoms with Crippen molar-refractivity contribution in [1.82, 2.24) is 15.2 Å².